The molecule has 0 fully saturated rings. The van der Waals surface area contributed by atoms with Crippen molar-refractivity contribution in [2.24, 2.45) is 0 Å². The number of hydrogen-bond donors (Lipinski definition) is 0. The number of nitrogens with zero attached hydrogens (tertiary/aromatic N) is 3. The highest BCUT2D eigenvalue weighted by molar-refractivity contribution is 6.19. The number of furan rings is 1. The highest BCUT2D eigenvalue weighted by atomic mass is 16.3. The van der Waals surface area contributed by atoms with Crippen molar-refractivity contribution in [2.45, 2.75) is 0 Å². The van der Waals surface area contributed by atoms with Crippen molar-refractivity contribution < 1.29 is 4.42 Å². The van der Waals surface area contributed by atoms with Gasteiger partial charge in [-0.05, 0) is 95.1 Å². The number of aromatic nitrogens is 3. The van der Waals surface area contributed by atoms with E-state index in [4.69, 9.17) is 4.42 Å². The van der Waals surface area contributed by atoms with E-state index in [2.05, 4.69) is 166 Å². The number of fused-ring (bicyclic) bond motifs is 9. The van der Waals surface area contributed by atoms with E-state index in [0.717, 1.165) is 77.4 Å². The molecule has 4 heterocycles. The van der Waals surface area contributed by atoms with Crippen LogP contribution in [0.2, 0.25) is 0 Å². The molecular formula is C47H27N3O. The first-order chi connectivity index (χ1) is 25.3. The fourth-order valence-corrected chi connectivity index (χ4v) is 8.09. The molecule has 0 bridgehead atoms. The Balaban J connectivity index is 1.28. The zero-order valence-corrected chi connectivity index (χ0v) is 27.3. The number of benzene rings is 6. The van der Waals surface area contributed by atoms with Crippen molar-refractivity contribution in [3.8, 4) is 33.6 Å². The largest absolute Gasteiger partial charge is 0.452 e. The number of para-hydroxylation sites is 3. The maximum absolute atomic E-state index is 6.54. The Morgan fingerprint density at radius 3 is 2.22 bits per heavy atom. The van der Waals surface area contributed by atoms with Gasteiger partial charge in [0.05, 0.1) is 33.1 Å². The summed E-state index contributed by atoms with van der Waals surface area (Å²) in [5.41, 5.74) is 13.7. The summed E-state index contributed by atoms with van der Waals surface area (Å²) in [7, 11) is 0. The molecule has 0 saturated carbocycles. The molecular weight excluding hydrogens is 623 g/mol. The van der Waals surface area contributed by atoms with Crippen LogP contribution in [-0.2, 0) is 0 Å². The maximum atomic E-state index is 6.54. The Kier molecular flexibility index (Phi) is 5.84. The van der Waals surface area contributed by atoms with Gasteiger partial charge in [0.2, 0.25) is 0 Å². The molecule has 0 N–H and O–H groups in total. The van der Waals surface area contributed by atoms with Crippen molar-refractivity contribution in [3.63, 3.8) is 0 Å². The fraction of sp³-hybridized carbons (Fsp3) is 0. The quantitative estimate of drug-likeness (QED) is 0.190. The van der Waals surface area contributed by atoms with Crippen LogP contribution < -0.4 is 0 Å². The minimum Gasteiger partial charge on any atom is -0.452 e. The van der Waals surface area contributed by atoms with E-state index in [-0.39, 0.29) is 0 Å². The van der Waals surface area contributed by atoms with Gasteiger partial charge in [0, 0.05) is 33.4 Å². The van der Waals surface area contributed by atoms with Crippen LogP contribution in [0.3, 0.4) is 0 Å². The van der Waals surface area contributed by atoms with Gasteiger partial charge in [-0.1, -0.05) is 97.1 Å². The summed E-state index contributed by atoms with van der Waals surface area (Å²) in [4.78, 5) is 4.67. The van der Waals surface area contributed by atoms with E-state index >= 15 is 0 Å². The minimum atomic E-state index is 0.783. The van der Waals surface area contributed by atoms with E-state index in [1.54, 1.807) is 0 Å². The fourth-order valence-electron chi connectivity index (χ4n) is 8.09. The predicted octanol–water partition coefficient (Wildman–Crippen LogP) is 12.1. The molecule has 0 amide bonds. The molecule has 0 saturated heterocycles. The lowest BCUT2D eigenvalue weighted by atomic mass is 9.90. The van der Waals surface area contributed by atoms with E-state index in [1.165, 1.54) is 21.9 Å². The molecule has 0 unspecified atom stereocenters. The highest BCUT2D eigenvalue weighted by Crippen LogP contribution is 2.45. The first kappa shape index (κ1) is 27.8. The van der Waals surface area contributed by atoms with Crippen LogP contribution in [0.15, 0.2) is 168 Å². The third-order valence-electron chi connectivity index (χ3n) is 10.2. The summed E-state index contributed by atoms with van der Waals surface area (Å²) >= 11 is 0. The molecule has 0 aliphatic heterocycles. The average molecular weight is 650 g/mol. The summed E-state index contributed by atoms with van der Waals surface area (Å²) in [6.45, 7) is 0. The van der Waals surface area contributed by atoms with Gasteiger partial charge in [0.15, 0.2) is 11.2 Å². The number of hydrogen-bond acceptors (Lipinski definition) is 2. The van der Waals surface area contributed by atoms with E-state index in [1.807, 2.05) is 24.4 Å². The smallest absolute Gasteiger partial charge is 0.161 e. The van der Waals surface area contributed by atoms with Gasteiger partial charge in [0.1, 0.15) is 5.52 Å². The lowest BCUT2D eigenvalue weighted by Gasteiger charge is -2.15. The summed E-state index contributed by atoms with van der Waals surface area (Å²) in [6, 6.07) is 62.5. The van der Waals surface area contributed by atoms with E-state index in [9.17, 15) is 0 Å². The third kappa shape index (κ3) is 4.00. The average Bonchev–Trinajstić information content (AvgIpc) is 3.86. The first-order valence-corrected chi connectivity index (χ1v) is 17.1. The Morgan fingerprint density at radius 1 is 0.529 bits per heavy atom. The van der Waals surface area contributed by atoms with Crippen LogP contribution in [0.1, 0.15) is 0 Å². The van der Waals surface area contributed by atoms with Gasteiger partial charge in [-0.2, -0.15) is 0 Å². The second-order valence-electron chi connectivity index (χ2n) is 13.0. The zero-order valence-electron chi connectivity index (χ0n) is 27.3. The Bertz CT molecular complexity index is 3130. The van der Waals surface area contributed by atoms with Gasteiger partial charge in [-0.3, -0.25) is 4.98 Å². The van der Waals surface area contributed by atoms with E-state index < -0.39 is 0 Å². The molecule has 51 heavy (non-hydrogen) atoms. The van der Waals surface area contributed by atoms with Crippen molar-refractivity contribution in [1.29, 1.82) is 0 Å². The zero-order chi connectivity index (χ0) is 33.5. The molecule has 0 aliphatic carbocycles. The second kappa shape index (κ2) is 10.7. The monoisotopic (exact) mass is 649 g/mol. The summed E-state index contributed by atoms with van der Waals surface area (Å²) < 4.78 is 11.2. The van der Waals surface area contributed by atoms with Gasteiger partial charge in [-0.25, -0.2) is 0 Å². The van der Waals surface area contributed by atoms with Gasteiger partial charge < -0.3 is 13.6 Å². The van der Waals surface area contributed by atoms with Crippen LogP contribution in [0, 0.1) is 12.1 Å². The lowest BCUT2D eigenvalue weighted by molar-refractivity contribution is 0.665. The Hall–Kier alpha value is -7.09. The summed E-state index contributed by atoms with van der Waals surface area (Å²) in [5.74, 6) is 0. The molecule has 0 aliphatic rings. The Morgan fingerprint density at radius 2 is 1.31 bits per heavy atom. The lowest BCUT2D eigenvalue weighted by Crippen LogP contribution is -1.95. The molecule has 0 atom stereocenters. The van der Waals surface area contributed by atoms with Crippen molar-refractivity contribution in [2.75, 3.05) is 0 Å². The molecule has 4 aromatic heterocycles. The summed E-state index contributed by atoms with van der Waals surface area (Å²) in [6.07, 6.45) is 1.82. The molecule has 11 aromatic rings. The molecule has 4 heteroatoms. The second-order valence-corrected chi connectivity index (χ2v) is 13.0. The van der Waals surface area contributed by atoms with Gasteiger partial charge >= 0.3 is 0 Å². The van der Waals surface area contributed by atoms with Gasteiger partial charge in [0.25, 0.3) is 0 Å². The Labute approximate surface area is 293 Å². The van der Waals surface area contributed by atoms with Gasteiger partial charge in [-0.15, -0.1) is 0 Å². The van der Waals surface area contributed by atoms with Crippen molar-refractivity contribution >= 4 is 65.7 Å². The molecule has 236 valence electrons. The van der Waals surface area contributed by atoms with Crippen LogP contribution >= 0.6 is 0 Å². The van der Waals surface area contributed by atoms with E-state index in [0.29, 0.717) is 0 Å². The first-order valence-electron chi connectivity index (χ1n) is 17.1. The molecule has 7 aromatic carbocycles. The van der Waals surface area contributed by atoms with Crippen molar-refractivity contribution in [1.82, 2.24) is 14.1 Å². The normalized spacial score (nSPS) is 11.8. The summed E-state index contributed by atoms with van der Waals surface area (Å²) in [5, 5.41) is 5.58. The molecule has 11 rings (SSSR count). The molecule has 0 spiro atoms. The highest BCUT2D eigenvalue weighted by Gasteiger charge is 2.23. The van der Waals surface area contributed by atoms with Crippen LogP contribution in [0.25, 0.3) is 99.3 Å². The maximum Gasteiger partial charge on any atom is 0.161 e. The van der Waals surface area contributed by atoms with Crippen LogP contribution in [0.5, 0.6) is 0 Å². The predicted molar refractivity (Wildman–Crippen MR) is 209 cm³/mol. The van der Waals surface area contributed by atoms with Crippen LogP contribution in [-0.4, -0.2) is 14.1 Å². The number of rotatable bonds is 4. The molecule has 0 radical (unpaired) electrons. The SMILES string of the molecule is c1ccc2c(c#1)c1cc(-c3ccccc3)c(-c3cccc4c3c3ccccc3n4-c3cccc4c3oc3cccnc34)cc1n2-c1ccccc1. The topological polar surface area (TPSA) is 35.9 Å². The van der Waals surface area contributed by atoms with Crippen molar-refractivity contribution in [3.05, 3.63) is 176 Å². The molecule has 4 nitrogen and oxygen atoms in total. The third-order valence-corrected chi connectivity index (χ3v) is 10.2. The number of pyridine rings is 1. The minimum absolute atomic E-state index is 0.783. The standard InChI is InChI=1S/C47H27N3O/c1-3-14-30(15-4-1)36-28-38-32-18-7-9-22-39(32)49(31-16-5-2-6-17-31)43(38)29-37(36)33-20-11-24-41-45(33)34-19-8-10-23-40(34)50(41)42-25-12-21-35-46-44(51-47(35)42)26-13-27-48-46/h1-6,8-17,19-29H. The van der Waals surface area contributed by atoms with Crippen LogP contribution in [0.4, 0.5) is 0 Å².